The Balaban J connectivity index is 1.57. The van der Waals surface area contributed by atoms with Gasteiger partial charge in [0.25, 0.3) is 0 Å². The average Bonchev–Trinajstić information content (AvgIpc) is 2.53. The molecule has 0 spiro atoms. The molecule has 0 heterocycles. The molecule has 0 bridgehead atoms. The van der Waals surface area contributed by atoms with Gasteiger partial charge in [0.05, 0.1) is 12.7 Å². The fourth-order valence-corrected chi connectivity index (χ4v) is 4.20. The molecule has 2 rings (SSSR count). The van der Waals surface area contributed by atoms with Crippen LogP contribution in [0.2, 0.25) is 0 Å². The molecule has 2 fully saturated rings. The Bertz CT molecular complexity index is 304. The lowest BCUT2D eigenvalue weighted by Gasteiger charge is -2.31. The van der Waals surface area contributed by atoms with Crippen LogP contribution >= 0.6 is 0 Å². The molecule has 2 saturated carbocycles. The van der Waals surface area contributed by atoms with Crippen molar-refractivity contribution in [3.8, 4) is 0 Å². The van der Waals surface area contributed by atoms with E-state index in [9.17, 15) is 0 Å². The van der Waals surface area contributed by atoms with E-state index in [-0.39, 0.29) is 0 Å². The lowest BCUT2D eigenvalue weighted by molar-refractivity contribution is 0.0327. The highest BCUT2D eigenvalue weighted by Crippen LogP contribution is 2.36. The van der Waals surface area contributed by atoms with E-state index >= 15 is 0 Å². The van der Waals surface area contributed by atoms with Gasteiger partial charge in [-0.3, -0.25) is 0 Å². The van der Waals surface area contributed by atoms with Crippen molar-refractivity contribution in [2.45, 2.75) is 77.2 Å². The predicted molar refractivity (Wildman–Crippen MR) is 91.4 cm³/mol. The molecule has 0 aliphatic heterocycles. The van der Waals surface area contributed by atoms with Gasteiger partial charge in [0.2, 0.25) is 0 Å². The van der Waals surface area contributed by atoms with Crippen LogP contribution in [0.25, 0.3) is 0 Å². The van der Waals surface area contributed by atoms with Gasteiger partial charge in [0, 0.05) is 0 Å². The Labute approximate surface area is 131 Å². The van der Waals surface area contributed by atoms with E-state index in [0.29, 0.717) is 6.10 Å². The third-order valence-electron chi connectivity index (χ3n) is 5.58. The predicted octanol–water partition coefficient (Wildman–Crippen LogP) is 5.91. The second kappa shape index (κ2) is 9.46. The Morgan fingerprint density at radius 2 is 1.48 bits per heavy atom. The summed E-state index contributed by atoms with van der Waals surface area (Å²) in [6.45, 7) is 6.61. The normalized spacial score (nSPS) is 34.1. The van der Waals surface area contributed by atoms with Gasteiger partial charge in [0.1, 0.15) is 0 Å². The molecule has 0 aromatic heterocycles. The smallest absolute Gasteiger partial charge is 0.0648 e. The molecule has 2 aliphatic carbocycles. The molecule has 0 unspecified atom stereocenters. The van der Waals surface area contributed by atoms with Gasteiger partial charge in [-0.1, -0.05) is 31.1 Å². The van der Waals surface area contributed by atoms with E-state index < -0.39 is 0 Å². The number of rotatable bonds is 7. The SMILES string of the molecule is C=CCO[C@H]1CC[C@H](CC[C@H]2CC[C@H](/C=C/C)CC2)CC1. The monoisotopic (exact) mass is 290 g/mol. The van der Waals surface area contributed by atoms with Crippen molar-refractivity contribution in [3.63, 3.8) is 0 Å². The molecular formula is C20H34O. The molecule has 2 aliphatic rings. The molecule has 120 valence electrons. The molecule has 0 radical (unpaired) electrons. The van der Waals surface area contributed by atoms with Crippen molar-refractivity contribution in [1.82, 2.24) is 0 Å². The van der Waals surface area contributed by atoms with Crippen LogP contribution in [0.5, 0.6) is 0 Å². The largest absolute Gasteiger partial charge is 0.374 e. The van der Waals surface area contributed by atoms with E-state index in [1.54, 1.807) is 0 Å². The van der Waals surface area contributed by atoms with Gasteiger partial charge < -0.3 is 4.74 Å². The van der Waals surface area contributed by atoms with Crippen molar-refractivity contribution in [2.75, 3.05) is 6.61 Å². The van der Waals surface area contributed by atoms with Crippen molar-refractivity contribution in [1.29, 1.82) is 0 Å². The lowest BCUT2D eigenvalue weighted by atomic mass is 9.77. The van der Waals surface area contributed by atoms with Crippen LogP contribution in [0.1, 0.15) is 71.1 Å². The summed E-state index contributed by atoms with van der Waals surface area (Å²) >= 11 is 0. The van der Waals surface area contributed by atoms with E-state index in [0.717, 1.165) is 24.4 Å². The van der Waals surface area contributed by atoms with E-state index in [2.05, 4.69) is 25.7 Å². The van der Waals surface area contributed by atoms with Crippen molar-refractivity contribution < 1.29 is 4.74 Å². The van der Waals surface area contributed by atoms with Crippen LogP contribution in [-0.4, -0.2) is 12.7 Å². The summed E-state index contributed by atoms with van der Waals surface area (Å²) in [5.41, 5.74) is 0. The number of ether oxygens (including phenoxy) is 1. The molecule has 21 heavy (non-hydrogen) atoms. The molecule has 0 aromatic rings. The first kappa shape index (κ1) is 16.8. The summed E-state index contributed by atoms with van der Waals surface area (Å²) in [6.07, 6.45) is 21.1. The third-order valence-corrected chi connectivity index (χ3v) is 5.58. The van der Waals surface area contributed by atoms with E-state index in [1.165, 1.54) is 64.2 Å². The van der Waals surface area contributed by atoms with Crippen LogP contribution in [0.4, 0.5) is 0 Å². The van der Waals surface area contributed by atoms with Gasteiger partial charge in [0.15, 0.2) is 0 Å². The highest BCUT2D eigenvalue weighted by molar-refractivity contribution is 4.89. The summed E-state index contributed by atoms with van der Waals surface area (Å²) in [4.78, 5) is 0. The quantitative estimate of drug-likeness (QED) is 0.529. The summed E-state index contributed by atoms with van der Waals surface area (Å²) in [7, 11) is 0. The Hall–Kier alpha value is -0.560. The molecule has 0 aromatic carbocycles. The standard InChI is InChI=1S/C20H34O/c1-3-5-17-6-8-18(9-7-17)10-11-19-12-14-20(15-13-19)21-16-4-2/h3-5,17-20H,2,6-16H2,1H3/b5-3+/t17-,18-,19-,20-. The van der Waals surface area contributed by atoms with Crippen LogP contribution in [-0.2, 0) is 4.74 Å². The van der Waals surface area contributed by atoms with E-state index in [1.807, 2.05) is 6.08 Å². The summed E-state index contributed by atoms with van der Waals surface area (Å²) < 4.78 is 5.79. The molecule has 1 heteroatoms. The zero-order valence-corrected chi connectivity index (χ0v) is 13.9. The minimum absolute atomic E-state index is 0.510. The fraction of sp³-hybridized carbons (Fsp3) is 0.800. The van der Waals surface area contributed by atoms with Gasteiger partial charge in [-0.25, -0.2) is 0 Å². The zero-order chi connectivity index (χ0) is 14.9. The minimum atomic E-state index is 0.510. The maximum atomic E-state index is 5.79. The molecule has 0 saturated heterocycles. The highest BCUT2D eigenvalue weighted by atomic mass is 16.5. The van der Waals surface area contributed by atoms with Crippen LogP contribution < -0.4 is 0 Å². The molecule has 0 amide bonds. The first-order valence-electron chi connectivity index (χ1n) is 9.17. The summed E-state index contributed by atoms with van der Waals surface area (Å²) in [5, 5.41) is 0. The third kappa shape index (κ3) is 5.98. The average molecular weight is 290 g/mol. The Morgan fingerprint density at radius 3 is 2.00 bits per heavy atom. The maximum Gasteiger partial charge on any atom is 0.0648 e. The van der Waals surface area contributed by atoms with Crippen LogP contribution in [0.15, 0.2) is 24.8 Å². The summed E-state index contributed by atoms with van der Waals surface area (Å²) in [5.74, 6) is 2.87. The van der Waals surface area contributed by atoms with Gasteiger partial charge in [-0.05, 0) is 76.0 Å². The molecular weight excluding hydrogens is 256 g/mol. The Morgan fingerprint density at radius 1 is 0.905 bits per heavy atom. The number of hydrogen-bond acceptors (Lipinski definition) is 1. The topological polar surface area (TPSA) is 9.23 Å². The van der Waals surface area contributed by atoms with Crippen LogP contribution in [0.3, 0.4) is 0 Å². The fourth-order valence-electron chi connectivity index (χ4n) is 4.20. The zero-order valence-electron chi connectivity index (χ0n) is 13.9. The lowest BCUT2D eigenvalue weighted by Crippen LogP contribution is -2.22. The van der Waals surface area contributed by atoms with Gasteiger partial charge in [-0.15, -0.1) is 6.58 Å². The van der Waals surface area contributed by atoms with Crippen molar-refractivity contribution in [2.24, 2.45) is 17.8 Å². The number of allylic oxidation sites excluding steroid dienone is 2. The first-order valence-corrected chi connectivity index (χ1v) is 9.17. The molecule has 0 atom stereocenters. The van der Waals surface area contributed by atoms with Gasteiger partial charge >= 0.3 is 0 Å². The van der Waals surface area contributed by atoms with Gasteiger partial charge in [-0.2, -0.15) is 0 Å². The highest BCUT2D eigenvalue weighted by Gasteiger charge is 2.24. The van der Waals surface area contributed by atoms with Crippen molar-refractivity contribution in [3.05, 3.63) is 24.8 Å². The Kier molecular flexibility index (Phi) is 7.57. The first-order chi connectivity index (χ1) is 10.3. The second-order valence-electron chi connectivity index (χ2n) is 7.15. The maximum absolute atomic E-state index is 5.79. The minimum Gasteiger partial charge on any atom is -0.374 e. The molecule has 0 N–H and O–H groups in total. The second-order valence-corrected chi connectivity index (χ2v) is 7.15. The molecule has 1 nitrogen and oxygen atoms in total. The van der Waals surface area contributed by atoms with Crippen molar-refractivity contribution >= 4 is 0 Å². The number of hydrogen-bond donors (Lipinski definition) is 0. The van der Waals surface area contributed by atoms with Crippen LogP contribution in [0, 0.1) is 17.8 Å². The summed E-state index contributed by atoms with van der Waals surface area (Å²) in [6, 6.07) is 0. The van der Waals surface area contributed by atoms with E-state index in [4.69, 9.17) is 4.74 Å².